The van der Waals surface area contributed by atoms with Crippen molar-refractivity contribution in [1.82, 2.24) is 0 Å². The molecule has 2 aromatic carbocycles. The second kappa shape index (κ2) is 6.99. The number of benzene rings is 2. The van der Waals surface area contributed by atoms with E-state index < -0.39 is 5.97 Å². The van der Waals surface area contributed by atoms with Gasteiger partial charge in [0.15, 0.2) is 0 Å². The Morgan fingerprint density at radius 1 is 1.27 bits per heavy atom. The van der Waals surface area contributed by atoms with Crippen LogP contribution in [0.1, 0.15) is 41.3 Å². The molecule has 0 heterocycles. The third kappa shape index (κ3) is 3.18. The molecule has 116 valence electrons. The molecule has 22 heavy (non-hydrogen) atoms. The van der Waals surface area contributed by atoms with Gasteiger partial charge in [0.25, 0.3) is 0 Å². The number of aliphatic hydroxyl groups is 1. The highest BCUT2D eigenvalue weighted by atomic mass is 32.1. The van der Waals surface area contributed by atoms with Crippen molar-refractivity contribution in [1.29, 1.82) is 0 Å². The summed E-state index contributed by atoms with van der Waals surface area (Å²) in [6.45, 7) is 4.10. The lowest BCUT2D eigenvalue weighted by atomic mass is 9.91. The van der Waals surface area contributed by atoms with Gasteiger partial charge in [-0.1, -0.05) is 38.1 Å². The van der Waals surface area contributed by atoms with Crippen LogP contribution >= 0.6 is 12.6 Å². The lowest BCUT2D eigenvalue weighted by Crippen LogP contribution is -2.05. The van der Waals surface area contributed by atoms with Crippen molar-refractivity contribution in [2.45, 2.75) is 31.3 Å². The molecule has 4 heteroatoms. The first kappa shape index (κ1) is 16.6. The van der Waals surface area contributed by atoms with Crippen molar-refractivity contribution in [3.05, 3.63) is 53.1 Å². The minimum atomic E-state index is -0.414. The maximum Gasteiger partial charge on any atom is 0.338 e. The summed E-state index contributed by atoms with van der Waals surface area (Å²) >= 11 is 4.48. The molecule has 0 radical (unpaired) electrons. The molecule has 2 aromatic rings. The predicted octanol–water partition coefficient (Wildman–Crippen LogP) is 4.04. The van der Waals surface area contributed by atoms with Crippen LogP contribution in [0.3, 0.4) is 0 Å². The van der Waals surface area contributed by atoms with Crippen LogP contribution in [-0.2, 0) is 11.3 Å². The zero-order valence-corrected chi connectivity index (χ0v) is 13.9. The third-order valence-corrected chi connectivity index (χ3v) is 4.06. The number of esters is 1. The smallest absolute Gasteiger partial charge is 0.338 e. The lowest BCUT2D eigenvalue weighted by molar-refractivity contribution is 0.0601. The maximum atomic E-state index is 12.0. The SMILES string of the molecule is COC(=O)c1cccc(S)c1-c1ccc(C(C)C)cc1CO. The zero-order valence-electron chi connectivity index (χ0n) is 13.0. The van der Waals surface area contributed by atoms with Crippen LogP contribution in [-0.4, -0.2) is 18.2 Å². The monoisotopic (exact) mass is 316 g/mol. The van der Waals surface area contributed by atoms with Crippen molar-refractivity contribution in [3.8, 4) is 11.1 Å². The van der Waals surface area contributed by atoms with Crippen molar-refractivity contribution in [2.75, 3.05) is 7.11 Å². The highest BCUT2D eigenvalue weighted by Crippen LogP contribution is 2.34. The number of ether oxygens (including phenoxy) is 1. The highest BCUT2D eigenvalue weighted by molar-refractivity contribution is 7.80. The van der Waals surface area contributed by atoms with Gasteiger partial charge in [-0.15, -0.1) is 12.6 Å². The number of aliphatic hydroxyl groups excluding tert-OH is 1. The number of carbonyl (C=O) groups is 1. The Hall–Kier alpha value is -1.78. The van der Waals surface area contributed by atoms with E-state index in [0.29, 0.717) is 21.9 Å². The van der Waals surface area contributed by atoms with Gasteiger partial charge < -0.3 is 9.84 Å². The molecule has 3 nitrogen and oxygen atoms in total. The molecular weight excluding hydrogens is 296 g/mol. The summed E-state index contributed by atoms with van der Waals surface area (Å²) in [5.41, 5.74) is 3.86. The third-order valence-electron chi connectivity index (χ3n) is 3.68. The van der Waals surface area contributed by atoms with Gasteiger partial charge >= 0.3 is 5.97 Å². The topological polar surface area (TPSA) is 46.5 Å². The largest absolute Gasteiger partial charge is 0.465 e. The Kier molecular flexibility index (Phi) is 5.27. The molecule has 0 aliphatic carbocycles. The molecule has 0 atom stereocenters. The molecule has 0 fully saturated rings. The van der Waals surface area contributed by atoms with E-state index >= 15 is 0 Å². The van der Waals surface area contributed by atoms with Gasteiger partial charge in [-0.25, -0.2) is 4.79 Å². The van der Waals surface area contributed by atoms with E-state index in [0.717, 1.165) is 16.7 Å². The molecule has 0 aliphatic rings. The van der Waals surface area contributed by atoms with Crippen LogP contribution in [0, 0.1) is 0 Å². The Morgan fingerprint density at radius 2 is 2.00 bits per heavy atom. The first-order valence-corrected chi connectivity index (χ1v) is 7.58. The van der Waals surface area contributed by atoms with E-state index in [1.807, 2.05) is 24.3 Å². The van der Waals surface area contributed by atoms with Crippen LogP contribution < -0.4 is 0 Å². The van der Waals surface area contributed by atoms with Crippen LogP contribution in [0.5, 0.6) is 0 Å². The number of hydrogen-bond donors (Lipinski definition) is 2. The first-order valence-electron chi connectivity index (χ1n) is 7.14. The van der Waals surface area contributed by atoms with E-state index in [2.05, 4.69) is 26.5 Å². The second-order valence-electron chi connectivity index (χ2n) is 5.42. The normalized spacial score (nSPS) is 10.8. The van der Waals surface area contributed by atoms with E-state index in [9.17, 15) is 9.90 Å². The summed E-state index contributed by atoms with van der Waals surface area (Å²) in [5.74, 6) is -0.0478. The average molecular weight is 316 g/mol. The van der Waals surface area contributed by atoms with E-state index in [4.69, 9.17) is 4.74 Å². The highest BCUT2D eigenvalue weighted by Gasteiger charge is 2.18. The molecule has 0 amide bonds. The minimum absolute atomic E-state index is 0.0986. The van der Waals surface area contributed by atoms with Crippen LogP contribution in [0.2, 0.25) is 0 Å². The van der Waals surface area contributed by atoms with Crippen molar-refractivity contribution < 1.29 is 14.6 Å². The zero-order chi connectivity index (χ0) is 16.3. The fourth-order valence-corrected chi connectivity index (χ4v) is 2.78. The minimum Gasteiger partial charge on any atom is -0.465 e. The van der Waals surface area contributed by atoms with Crippen LogP contribution in [0.25, 0.3) is 11.1 Å². The molecule has 0 aromatic heterocycles. The summed E-state index contributed by atoms with van der Waals surface area (Å²) in [4.78, 5) is 12.7. The number of methoxy groups -OCH3 is 1. The maximum absolute atomic E-state index is 12.0. The number of carbonyl (C=O) groups excluding carboxylic acids is 1. The average Bonchev–Trinajstić information content (AvgIpc) is 2.53. The molecule has 0 saturated heterocycles. The summed E-state index contributed by atoms with van der Waals surface area (Å²) in [7, 11) is 1.35. The Bertz CT molecular complexity index is 693. The quantitative estimate of drug-likeness (QED) is 0.661. The number of hydrogen-bond acceptors (Lipinski definition) is 4. The Balaban J connectivity index is 2.69. The predicted molar refractivity (Wildman–Crippen MR) is 90.5 cm³/mol. The van der Waals surface area contributed by atoms with Gasteiger partial charge in [-0.05, 0) is 34.7 Å². The Labute approximate surface area is 136 Å². The lowest BCUT2D eigenvalue weighted by Gasteiger charge is -2.16. The number of rotatable bonds is 4. The van der Waals surface area contributed by atoms with Gasteiger partial charge in [-0.3, -0.25) is 0 Å². The van der Waals surface area contributed by atoms with Crippen LogP contribution in [0.15, 0.2) is 41.3 Å². The standard InChI is InChI=1S/C18H20O3S/c1-11(2)12-7-8-14(13(9-12)10-19)17-15(18(20)21-3)5-4-6-16(17)22/h4-9,11,19,22H,10H2,1-3H3. The number of thiol groups is 1. The van der Waals surface area contributed by atoms with Crippen LogP contribution in [0.4, 0.5) is 0 Å². The van der Waals surface area contributed by atoms with Crippen molar-refractivity contribution in [2.24, 2.45) is 0 Å². The van der Waals surface area contributed by atoms with E-state index in [1.54, 1.807) is 12.1 Å². The first-order chi connectivity index (χ1) is 10.5. The molecule has 0 saturated carbocycles. The molecule has 1 N–H and O–H groups in total. The van der Waals surface area contributed by atoms with Gasteiger partial charge in [0.05, 0.1) is 19.3 Å². The van der Waals surface area contributed by atoms with Gasteiger partial charge in [-0.2, -0.15) is 0 Å². The fraction of sp³-hybridized carbons (Fsp3) is 0.278. The molecular formula is C18H20O3S. The van der Waals surface area contributed by atoms with Gasteiger partial charge in [0.2, 0.25) is 0 Å². The molecule has 0 spiro atoms. The molecule has 2 rings (SSSR count). The summed E-state index contributed by atoms with van der Waals surface area (Å²) < 4.78 is 4.85. The molecule has 0 unspecified atom stereocenters. The van der Waals surface area contributed by atoms with E-state index in [1.165, 1.54) is 7.11 Å². The fourth-order valence-electron chi connectivity index (χ4n) is 2.45. The molecule has 0 bridgehead atoms. The summed E-state index contributed by atoms with van der Waals surface area (Å²) in [6, 6.07) is 11.2. The Morgan fingerprint density at radius 3 is 2.59 bits per heavy atom. The summed E-state index contributed by atoms with van der Waals surface area (Å²) in [5, 5.41) is 9.72. The molecule has 0 aliphatic heterocycles. The summed E-state index contributed by atoms with van der Waals surface area (Å²) in [6.07, 6.45) is 0. The van der Waals surface area contributed by atoms with Crippen molar-refractivity contribution >= 4 is 18.6 Å². The van der Waals surface area contributed by atoms with Gasteiger partial charge in [0, 0.05) is 10.5 Å². The van der Waals surface area contributed by atoms with Gasteiger partial charge in [0.1, 0.15) is 0 Å². The van der Waals surface area contributed by atoms with E-state index in [-0.39, 0.29) is 6.61 Å². The second-order valence-corrected chi connectivity index (χ2v) is 5.90. The van der Waals surface area contributed by atoms with Crippen molar-refractivity contribution in [3.63, 3.8) is 0 Å².